The number of alkyl halides is 2. The summed E-state index contributed by atoms with van der Waals surface area (Å²) in [5.41, 5.74) is -1.13. The number of aliphatic hydroxyl groups is 2. The molecule has 18 heavy (non-hydrogen) atoms. The number of rotatable bonds is 6. The predicted octanol–water partition coefficient (Wildman–Crippen LogP) is 0.210. The average Bonchev–Trinajstić information content (AvgIpc) is 2.29. The van der Waals surface area contributed by atoms with Crippen LogP contribution in [0.1, 0.15) is 25.7 Å². The van der Waals surface area contributed by atoms with Crippen LogP contribution >= 0.6 is 0 Å². The molecule has 1 aliphatic rings. The number of halogens is 2. The predicted molar refractivity (Wildman–Crippen MR) is 59.4 cm³/mol. The van der Waals surface area contributed by atoms with Crippen LogP contribution in [0.5, 0.6) is 0 Å². The van der Waals surface area contributed by atoms with Crippen LogP contribution in [0.15, 0.2) is 0 Å². The van der Waals surface area contributed by atoms with Crippen LogP contribution < -0.4 is 5.32 Å². The van der Waals surface area contributed by atoms with Gasteiger partial charge in [-0.1, -0.05) is 0 Å². The van der Waals surface area contributed by atoms with E-state index < -0.39 is 36.6 Å². The summed E-state index contributed by atoms with van der Waals surface area (Å²) in [7, 11) is 0. The van der Waals surface area contributed by atoms with E-state index in [1.54, 1.807) is 0 Å². The summed E-state index contributed by atoms with van der Waals surface area (Å²) in [6.45, 7) is -1.96. The molecule has 0 spiro atoms. The van der Waals surface area contributed by atoms with Crippen LogP contribution in [0.4, 0.5) is 8.78 Å². The minimum atomic E-state index is -3.20. The van der Waals surface area contributed by atoms with Gasteiger partial charge in [-0.2, -0.15) is 0 Å². The first-order valence-electron chi connectivity index (χ1n) is 5.93. The lowest BCUT2D eigenvalue weighted by Gasteiger charge is -2.35. The Hall–Kier alpha value is -0.790. The molecule has 1 aliphatic carbocycles. The number of hydrogen-bond donors (Lipinski definition) is 4. The number of carbonyl (C=O) groups is 1. The summed E-state index contributed by atoms with van der Waals surface area (Å²) in [6, 6.07) is 0. The summed E-state index contributed by atoms with van der Waals surface area (Å²) in [5.74, 6) is -4.53. The summed E-state index contributed by atoms with van der Waals surface area (Å²) in [5, 5.41) is 29.7. The van der Waals surface area contributed by atoms with E-state index >= 15 is 0 Å². The quantitative estimate of drug-likeness (QED) is 0.552. The molecule has 0 heterocycles. The van der Waals surface area contributed by atoms with Gasteiger partial charge in [0.25, 0.3) is 5.92 Å². The first kappa shape index (κ1) is 15.3. The van der Waals surface area contributed by atoms with Crippen LogP contribution in [-0.4, -0.2) is 52.5 Å². The molecule has 1 rings (SSSR count). The average molecular weight is 267 g/mol. The van der Waals surface area contributed by atoms with Crippen molar-refractivity contribution in [1.29, 1.82) is 0 Å². The third kappa shape index (κ3) is 4.47. The van der Waals surface area contributed by atoms with Gasteiger partial charge in [0, 0.05) is 6.54 Å². The SMILES string of the molecule is O=C(O)C1CCC(O)(CNCC(F)(F)CO)CC1. The lowest BCUT2D eigenvalue weighted by Crippen LogP contribution is -2.47. The van der Waals surface area contributed by atoms with Crippen molar-refractivity contribution < 1.29 is 28.9 Å². The van der Waals surface area contributed by atoms with E-state index in [-0.39, 0.29) is 19.4 Å². The van der Waals surface area contributed by atoms with E-state index in [1.807, 2.05) is 0 Å². The number of aliphatic hydroxyl groups excluding tert-OH is 1. The van der Waals surface area contributed by atoms with Gasteiger partial charge in [0.05, 0.1) is 18.1 Å². The van der Waals surface area contributed by atoms with Gasteiger partial charge in [0.1, 0.15) is 6.61 Å². The second-order valence-corrected chi connectivity index (χ2v) is 4.95. The Morgan fingerprint density at radius 1 is 1.39 bits per heavy atom. The first-order chi connectivity index (χ1) is 8.28. The molecule has 0 aromatic rings. The molecular weight excluding hydrogens is 248 g/mol. The van der Waals surface area contributed by atoms with E-state index in [2.05, 4.69) is 5.32 Å². The van der Waals surface area contributed by atoms with Gasteiger partial charge in [0.15, 0.2) is 0 Å². The molecule has 1 saturated carbocycles. The zero-order valence-electron chi connectivity index (χ0n) is 10.0. The molecule has 0 saturated heterocycles. The fourth-order valence-electron chi connectivity index (χ4n) is 2.11. The Balaban J connectivity index is 2.33. The number of carboxylic acid groups (broad SMARTS) is 1. The molecule has 0 bridgehead atoms. The smallest absolute Gasteiger partial charge is 0.306 e. The molecule has 0 aromatic carbocycles. The van der Waals surface area contributed by atoms with Crippen LogP contribution in [0, 0.1) is 5.92 Å². The molecule has 106 valence electrons. The van der Waals surface area contributed by atoms with Gasteiger partial charge < -0.3 is 20.6 Å². The molecule has 0 radical (unpaired) electrons. The van der Waals surface area contributed by atoms with Crippen LogP contribution in [0.25, 0.3) is 0 Å². The van der Waals surface area contributed by atoms with Crippen molar-refractivity contribution >= 4 is 5.97 Å². The highest BCUT2D eigenvalue weighted by molar-refractivity contribution is 5.70. The van der Waals surface area contributed by atoms with Crippen molar-refractivity contribution in [3.8, 4) is 0 Å². The van der Waals surface area contributed by atoms with Gasteiger partial charge in [-0.25, -0.2) is 8.78 Å². The topological polar surface area (TPSA) is 89.8 Å². The molecule has 0 unspecified atom stereocenters. The highest BCUT2D eigenvalue weighted by Crippen LogP contribution is 2.31. The Kier molecular flexibility index (Phi) is 5.01. The summed E-state index contributed by atoms with van der Waals surface area (Å²) in [4.78, 5) is 10.7. The molecule has 0 amide bonds. The summed E-state index contributed by atoms with van der Waals surface area (Å²) < 4.78 is 25.5. The van der Waals surface area contributed by atoms with Gasteiger partial charge in [-0.3, -0.25) is 4.79 Å². The van der Waals surface area contributed by atoms with Gasteiger partial charge in [0.2, 0.25) is 0 Å². The Labute approximate surface area is 104 Å². The minimum Gasteiger partial charge on any atom is -0.481 e. The largest absolute Gasteiger partial charge is 0.481 e. The second kappa shape index (κ2) is 5.90. The molecule has 0 aromatic heterocycles. The van der Waals surface area contributed by atoms with Crippen LogP contribution in [-0.2, 0) is 4.79 Å². The lowest BCUT2D eigenvalue weighted by atomic mass is 9.79. The highest BCUT2D eigenvalue weighted by Gasteiger charge is 2.36. The van der Waals surface area contributed by atoms with E-state index in [4.69, 9.17) is 10.2 Å². The van der Waals surface area contributed by atoms with Crippen molar-refractivity contribution in [2.75, 3.05) is 19.7 Å². The first-order valence-corrected chi connectivity index (χ1v) is 5.93. The minimum absolute atomic E-state index is 0.0189. The number of hydrogen-bond acceptors (Lipinski definition) is 4. The molecule has 1 fully saturated rings. The standard InChI is InChI=1S/C11H19F2NO4/c12-11(13,7-15)6-14-5-10(18)3-1-8(2-4-10)9(16)17/h8,14-15,18H,1-7H2,(H,16,17). The Bertz CT molecular complexity index is 291. The molecule has 4 N–H and O–H groups in total. The molecular formula is C11H19F2NO4. The molecule has 0 aliphatic heterocycles. The van der Waals surface area contributed by atoms with Crippen molar-refractivity contribution in [3.63, 3.8) is 0 Å². The van der Waals surface area contributed by atoms with Crippen molar-refractivity contribution in [2.24, 2.45) is 5.92 Å². The number of aliphatic carboxylic acids is 1. The van der Waals surface area contributed by atoms with Crippen LogP contribution in [0.3, 0.4) is 0 Å². The second-order valence-electron chi connectivity index (χ2n) is 4.95. The normalized spacial score (nSPS) is 29.2. The summed E-state index contributed by atoms with van der Waals surface area (Å²) in [6.07, 6.45) is 1.26. The lowest BCUT2D eigenvalue weighted by molar-refractivity contribution is -0.144. The van der Waals surface area contributed by atoms with Crippen molar-refractivity contribution in [2.45, 2.75) is 37.2 Å². The molecule has 7 heteroatoms. The maximum atomic E-state index is 12.7. The van der Waals surface area contributed by atoms with Gasteiger partial charge in [-0.05, 0) is 25.7 Å². The maximum absolute atomic E-state index is 12.7. The third-order valence-corrected chi connectivity index (χ3v) is 3.33. The maximum Gasteiger partial charge on any atom is 0.306 e. The van der Waals surface area contributed by atoms with Crippen molar-refractivity contribution in [1.82, 2.24) is 5.32 Å². The fourth-order valence-corrected chi connectivity index (χ4v) is 2.11. The van der Waals surface area contributed by atoms with Gasteiger partial charge in [-0.15, -0.1) is 0 Å². The van der Waals surface area contributed by atoms with E-state index in [9.17, 15) is 18.7 Å². The summed E-state index contributed by atoms with van der Waals surface area (Å²) >= 11 is 0. The number of carboxylic acids is 1. The third-order valence-electron chi connectivity index (χ3n) is 3.33. The Morgan fingerprint density at radius 2 is 1.94 bits per heavy atom. The number of nitrogens with one attached hydrogen (secondary N) is 1. The molecule has 5 nitrogen and oxygen atoms in total. The molecule has 0 atom stereocenters. The highest BCUT2D eigenvalue weighted by atomic mass is 19.3. The fraction of sp³-hybridized carbons (Fsp3) is 0.909. The Morgan fingerprint density at radius 3 is 2.39 bits per heavy atom. The van der Waals surface area contributed by atoms with Gasteiger partial charge >= 0.3 is 5.97 Å². The van der Waals surface area contributed by atoms with E-state index in [0.717, 1.165) is 0 Å². The monoisotopic (exact) mass is 267 g/mol. The van der Waals surface area contributed by atoms with Crippen molar-refractivity contribution in [3.05, 3.63) is 0 Å². The van der Waals surface area contributed by atoms with E-state index in [0.29, 0.717) is 12.8 Å². The zero-order chi connectivity index (χ0) is 13.8. The van der Waals surface area contributed by atoms with E-state index in [1.165, 1.54) is 0 Å². The zero-order valence-corrected chi connectivity index (χ0v) is 10.0. The van der Waals surface area contributed by atoms with Crippen LogP contribution in [0.2, 0.25) is 0 Å².